The van der Waals surface area contributed by atoms with Crippen LogP contribution in [0, 0.1) is 0 Å². The van der Waals surface area contributed by atoms with Gasteiger partial charge in [0.15, 0.2) is 5.71 Å². The summed E-state index contributed by atoms with van der Waals surface area (Å²) in [6, 6.07) is 17.2. The van der Waals surface area contributed by atoms with Gasteiger partial charge in [-0.15, -0.1) is 0 Å². The van der Waals surface area contributed by atoms with Crippen LogP contribution >= 0.6 is 0 Å². The summed E-state index contributed by atoms with van der Waals surface area (Å²) in [5.74, 6) is 0. The Bertz CT molecular complexity index is 1470. The van der Waals surface area contributed by atoms with Gasteiger partial charge < -0.3 is 19.9 Å². The van der Waals surface area contributed by atoms with Gasteiger partial charge in [0.1, 0.15) is 19.2 Å². The van der Waals surface area contributed by atoms with Crippen molar-refractivity contribution in [2.75, 3.05) is 56.0 Å². The number of hydrogen-bond donors (Lipinski definition) is 1. The first-order chi connectivity index (χ1) is 20.9. The number of piperazine rings is 1. The number of carbonyl (C=O) groups is 1. The summed E-state index contributed by atoms with van der Waals surface area (Å²) < 4.78 is 8.80. The molecule has 43 heavy (non-hydrogen) atoms. The van der Waals surface area contributed by atoms with Crippen LogP contribution in [0.25, 0.3) is 5.57 Å². The molecular formula is C37H47N4O2+. The summed E-state index contributed by atoms with van der Waals surface area (Å²) in [7, 11) is 0. The molecule has 0 spiro atoms. The van der Waals surface area contributed by atoms with Gasteiger partial charge in [0, 0.05) is 80.1 Å². The topological polar surface area (TPSA) is 47.8 Å². The second-order valence-electron chi connectivity index (χ2n) is 12.8. The Kier molecular flexibility index (Phi) is 8.47. The Labute approximate surface area is 257 Å². The number of hydrogen-bond acceptors (Lipinski definition) is 4. The quantitative estimate of drug-likeness (QED) is 0.283. The molecule has 4 aliphatic rings. The molecular weight excluding hydrogens is 532 g/mol. The number of unbranched alkanes of at least 4 members (excludes halogenated alkanes) is 1. The molecule has 1 N–H and O–H groups in total. The first-order valence-electron chi connectivity index (χ1n) is 16.3. The first kappa shape index (κ1) is 29.3. The SMILES string of the molecule is CCCCNc1ccc2c(c1)C(C)(C)C1=CC(=[N+]3CCCC3)C=CC1=C2C(C)OC(=O)N1CCN(c2ccccc2)CC1. The van der Waals surface area contributed by atoms with Gasteiger partial charge in [0.05, 0.1) is 0 Å². The number of nitrogens with one attached hydrogen (secondary N) is 1. The number of carbonyl (C=O) groups excluding carboxylic acids is 1. The molecule has 0 aromatic heterocycles. The molecule has 1 unspecified atom stereocenters. The van der Waals surface area contributed by atoms with E-state index in [1.807, 2.05) is 17.9 Å². The molecule has 2 aliphatic heterocycles. The Morgan fingerprint density at radius 2 is 1.77 bits per heavy atom. The summed E-state index contributed by atoms with van der Waals surface area (Å²) in [6.07, 6.45) is 11.1. The molecule has 0 radical (unpaired) electrons. The molecule has 2 saturated heterocycles. The summed E-state index contributed by atoms with van der Waals surface area (Å²) in [5.41, 5.74) is 9.54. The molecule has 2 heterocycles. The molecule has 2 fully saturated rings. The fraction of sp³-hybridized carbons (Fsp3) is 0.459. The molecule has 1 atom stereocenters. The number of fused-ring (bicyclic) bond motifs is 2. The van der Waals surface area contributed by atoms with E-state index >= 15 is 0 Å². The highest BCUT2D eigenvalue weighted by Gasteiger charge is 2.41. The van der Waals surface area contributed by atoms with E-state index in [0.717, 1.165) is 56.8 Å². The number of para-hydroxylation sites is 1. The predicted octanol–water partition coefficient (Wildman–Crippen LogP) is 7.03. The average Bonchev–Trinajstić information content (AvgIpc) is 3.57. The fourth-order valence-corrected chi connectivity index (χ4v) is 7.07. The van der Waals surface area contributed by atoms with E-state index in [-0.39, 0.29) is 17.6 Å². The van der Waals surface area contributed by atoms with Crippen molar-refractivity contribution in [1.82, 2.24) is 4.90 Å². The highest BCUT2D eigenvalue weighted by atomic mass is 16.6. The van der Waals surface area contributed by atoms with Crippen LogP contribution in [0.3, 0.4) is 0 Å². The maximum absolute atomic E-state index is 13.5. The van der Waals surface area contributed by atoms with Gasteiger partial charge in [-0.1, -0.05) is 51.5 Å². The Morgan fingerprint density at radius 3 is 2.49 bits per heavy atom. The highest BCUT2D eigenvalue weighted by molar-refractivity contribution is 6.06. The third-order valence-electron chi connectivity index (χ3n) is 9.62. The van der Waals surface area contributed by atoms with Crippen molar-refractivity contribution < 1.29 is 14.1 Å². The fourth-order valence-electron chi connectivity index (χ4n) is 7.07. The van der Waals surface area contributed by atoms with Crippen molar-refractivity contribution >= 4 is 28.8 Å². The highest BCUT2D eigenvalue weighted by Crippen LogP contribution is 2.50. The van der Waals surface area contributed by atoms with Crippen LogP contribution < -0.4 is 10.2 Å². The number of rotatable bonds is 7. The van der Waals surface area contributed by atoms with E-state index in [0.29, 0.717) is 13.1 Å². The van der Waals surface area contributed by atoms with E-state index in [1.165, 1.54) is 46.5 Å². The van der Waals surface area contributed by atoms with Gasteiger partial charge >= 0.3 is 6.09 Å². The number of allylic oxidation sites excluding steroid dienone is 5. The zero-order chi connectivity index (χ0) is 30.0. The van der Waals surface area contributed by atoms with Crippen molar-refractivity contribution in [3.8, 4) is 0 Å². The lowest BCUT2D eigenvalue weighted by molar-refractivity contribution is -0.504. The first-order valence-corrected chi connectivity index (χ1v) is 16.3. The number of amides is 1. The van der Waals surface area contributed by atoms with Crippen LogP contribution in [0.15, 0.2) is 77.9 Å². The molecule has 6 rings (SSSR count). The van der Waals surface area contributed by atoms with E-state index in [9.17, 15) is 4.79 Å². The number of benzene rings is 2. The Hall–Kier alpha value is -3.80. The van der Waals surface area contributed by atoms with E-state index < -0.39 is 0 Å². The van der Waals surface area contributed by atoms with Crippen LogP contribution in [-0.4, -0.2) is 73.2 Å². The van der Waals surface area contributed by atoms with Crippen molar-refractivity contribution in [3.05, 3.63) is 89.0 Å². The van der Waals surface area contributed by atoms with E-state index in [1.54, 1.807) is 0 Å². The third kappa shape index (κ3) is 5.89. The molecule has 1 amide bonds. The predicted molar refractivity (Wildman–Crippen MR) is 177 cm³/mol. The minimum Gasteiger partial charge on any atom is -0.441 e. The van der Waals surface area contributed by atoms with Gasteiger partial charge in [0.2, 0.25) is 0 Å². The summed E-state index contributed by atoms with van der Waals surface area (Å²) in [4.78, 5) is 17.7. The van der Waals surface area contributed by atoms with Crippen LogP contribution in [0.2, 0.25) is 0 Å². The molecule has 6 heteroatoms. The summed E-state index contributed by atoms with van der Waals surface area (Å²) in [5, 5.41) is 3.63. The Balaban J connectivity index is 1.29. The van der Waals surface area contributed by atoms with Crippen LogP contribution in [0.1, 0.15) is 64.5 Å². The molecule has 0 bridgehead atoms. The molecule has 6 nitrogen and oxygen atoms in total. The normalized spacial score (nSPS) is 20.0. The van der Waals surface area contributed by atoms with Gasteiger partial charge in [-0.2, -0.15) is 0 Å². The zero-order valence-corrected chi connectivity index (χ0v) is 26.4. The third-order valence-corrected chi connectivity index (χ3v) is 9.62. The zero-order valence-electron chi connectivity index (χ0n) is 26.4. The van der Waals surface area contributed by atoms with Crippen LogP contribution in [0.5, 0.6) is 0 Å². The minimum atomic E-state index is -0.384. The summed E-state index contributed by atoms with van der Waals surface area (Å²) in [6.45, 7) is 15.1. The lowest BCUT2D eigenvalue weighted by atomic mass is 9.64. The van der Waals surface area contributed by atoms with Gasteiger partial charge in [-0.05, 0) is 66.0 Å². The number of anilines is 2. The lowest BCUT2D eigenvalue weighted by Gasteiger charge is -2.40. The monoisotopic (exact) mass is 579 g/mol. The van der Waals surface area contributed by atoms with Crippen molar-refractivity contribution in [3.63, 3.8) is 0 Å². The Morgan fingerprint density at radius 1 is 1.02 bits per heavy atom. The van der Waals surface area contributed by atoms with E-state index in [2.05, 4.69) is 96.3 Å². The standard InChI is InChI=1S/C37H46N4O2/c1-5-6-18-38-28-14-16-31-33(25-28)37(3,4)34-26-30(39-19-10-11-20-39)15-17-32(34)35(31)27(2)43-36(42)41-23-21-40(22-24-41)29-12-8-7-9-13-29/h7-9,12-17,25-27H,5-6,10-11,18-24H2,1-4H3/p+1. The van der Waals surface area contributed by atoms with Crippen LogP contribution in [-0.2, 0) is 10.2 Å². The van der Waals surface area contributed by atoms with Crippen molar-refractivity contribution in [1.29, 1.82) is 0 Å². The second kappa shape index (κ2) is 12.4. The van der Waals surface area contributed by atoms with Crippen molar-refractivity contribution in [2.45, 2.75) is 64.9 Å². The maximum Gasteiger partial charge on any atom is 0.410 e. The molecule has 2 aromatic rings. The van der Waals surface area contributed by atoms with E-state index in [4.69, 9.17) is 4.74 Å². The van der Waals surface area contributed by atoms with Gasteiger partial charge in [-0.25, -0.2) is 9.37 Å². The minimum absolute atomic E-state index is 0.191. The molecule has 2 aliphatic carbocycles. The number of nitrogens with zero attached hydrogens (tertiary/aromatic N) is 3. The molecule has 2 aromatic carbocycles. The van der Waals surface area contributed by atoms with Crippen LogP contribution in [0.4, 0.5) is 16.2 Å². The van der Waals surface area contributed by atoms with Crippen molar-refractivity contribution in [2.24, 2.45) is 0 Å². The molecule has 226 valence electrons. The maximum atomic E-state index is 13.5. The largest absolute Gasteiger partial charge is 0.441 e. The average molecular weight is 580 g/mol. The second-order valence-corrected chi connectivity index (χ2v) is 12.8. The van der Waals surface area contributed by atoms with Gasteiger partial charge in [-0.3, -0.25) is 0 Å². The summed E-state index contributed by atoms with van der Waals surface area (Å²) >= 11 is 0. The van der Waals surface area contributed by atoms with Gasteiger partial charge in [0.25, 0.3) is 0 Å². The molecule has 0 saturated carbocycles. The smallest absolute Gasteiger partial charge is 0.410 e. The lowest BCUT2D eigenvalue weighted by Crippen LogP contribution is -2.49. The number of ether oxygens (including phenoxy) is 1.